The van der Waals surface area contributed by atoms with Crippen LogP contribution in [-0.2, 0) is 6.54 Å². The lowest BCUT2D eigenvalue weighted by Crippen LogP contribution is -2.41. The quantitative estimate of drug-likeness (QED) is 0.596. The Labute approximate surface area is 170 Å². The maximum atomic E-state index is 13.4. The number of imidazole rings is 1. The van der Waals surface area contributed by atoms with Crippen molar-refractivity contribution in [1.82, 2.24) is 19.5 Å². The average Bonchev–Trinajstić information content (AvgIpc) is 3.14. The number of rotatable bonds is 3. The highest BCUT2D eigenvalue weighted by Crippen LogP contribution is 2.54. The molecule has 2 aromatic heterocycles. The molecule has 0 bridgehead atoms. The van der Waals surface area contributed by atoms with E-state index in [1.807, 2.05) is 36.9 Å². The van der Waals surface area contributed by atoms with Gasteiger partial charge < -0.3 is 4.57 Å². The molecule has 4 nitrogen and oxygen atoms in total. The molecule has 2 unspecified atom stereocenters. The number of halogens is 1. The van der Waals surface area contributed by atoms with Crippen LogP contribution in [0.25, 0.3) is 17.3 Å². The monoisotopic (exact) mass is 388 g/mol. The Morgan fingerprint density at radius 3 is 2.66 bits per heavy atom. The van der Waals surface area contributed by atoms with E-state index in [2.05, 4.69) is 39.4 Å². The Bertz CT molecular complexity index is 1050. The number of benzene rings is 1. The van der Waals surface area contributed by atoms with E-state index in [-0.39, 0.29) is 11.2 Å². The molecule has 3 aromatic rings. The summed E-state index contributed by atoms with van der Waals surface area (Å²) in [5.74, 6) is 1.49. The molecule has 3 heterocycles. The van der Waals surface area contributed by atoms with Gasteiger partial charge in [0.05, 0.1) is 17.7 Å². The largest absolute Gasteiger partial charge is 0.330 e. The van der Waals surface area contributed by atoms with E-state index in [4.69, 9.17) is 0 Å². The van der Waals surface area contributed by atoms with Gasteiger partial charge in [-0.15, -0.1) is 0 Å². The second-order valence-corrected chi connectivity index (χ2v) is 8.59. The van der Waals surface area contributed by atoms with Gasteiger partial charge in [-0.1, -0.05) is 19.4 Å². The summed E-state index contributed by atoms with van der Waals surface area (Å²) in [6.07, 6.45) is 11.4. The summed E-state index contributed by atoms with van der Waals surface area (Å²) in [6, 6.07) is 8.49. The van der Waals surface area contributed by atoms with Gasteiger partial charge in [-0.25, -0.2) is 19.3 Å². The zero-order valence-corrected chi connectivity index (χ0v) is 16.8. The fraction of sp³-hybridized carbons (Fsp3) is 0.375. The minimum Gasteiger partial charge on any atom is -0.330 e. The highest BCUT2D eigenvalue weighted by atomic mass is 19.1. The molecular formula is C24H25FN4. The Morgan fingerprint density at radius 2 is 1.90 bits per heavy atom. The number of allylic oxidation sites excluding steroid dienone is 1. The van der Waals surface area contributed by atoms with Crippen LogP contribution >= 0.6 is 0 Å². The van der Waals surface area contributed by atoms with Crippen LogP contribution in [-0.4, -0.2) is 19.5 Å². The summed E-state index contributed by atoms with van der Waals surface area (Å²) >= 11 is 0. The number of aromatic nitrogens is 4. The molecule has 29 heavy (non-hydrogen) atoms. The van der Waals surface area contributed by atoms with E-state index < -0.39 is 0 Å². The van der Waals surface area contributed by atoms with E-state index in [0.29, 0.717) is 11.8 Å². The third kappa shape index (κ3) is 3.00. The maximum absolute atomic E-state index is 13.4. The van der Waals surface area contributed by atoms with Crippen LogP contribution in [0.4, 0.5) is 4.39 Å². The molecule has 1 aliphatic heterocycles. The molecule has 0 spiro atoms. The summed E-state index contributed by atoms with van der Waals surface area (Å²) < 4.78 is 15.6. The summed E-state index contributed by atoms with van der Waals surface area (Å²) in [5, 5.41) is 0. The number of nitrogens with zero attached hydrogens (tertiary/aromatic N) is 4. The second-order valence-electron chi connectivity index (χ2n) is 8.59. The number of hydrogen-bond donors (Lipinski definition) is 0. The smallest absolute Gasteiger partial charge is 0.131 e. The molecule has 5 rings (SSSR count). The molecule has 5 heteroatoms. The fourth-order valence-electron chi connectivity index (χ4n) is 5.36. The first kappa shape index (κ1) is 18.2. The molecule has 1 aromatic carbocycles. The Kier molecular flexibility index (Phi) is 4.34. The van der Waals surface area contributed by atoms with Crippen molar-refractivity contribution in [2.24, 2.45) is 11.3 Å². The Hall–Kier alpha value is -2.82. The standard InChI is InChI=1S/C24H25FN4/c1-16(23-26-11-4-12-27-23)20-6-3-5-18-13-21-22(17-7-9-19(25)10-8-17)28-15-29(21)14-24(18,20)2/h4,7-13,15-16,20H,3,5-6,14H2,1-2H3/t16?,20?,24-/m0/s1. The summed E-state index contributed by atoms with van der Waals surface area (Å²) in [5.41, 5.74) is 4.58. The molecule has 0 saturated heterocycles. The van der Waals surface area contributed by atoms with Gasteiger partial charge >= 0.3 is 0 Å². The molecule has 0 radical (unpaired) electrons. The molecule has 2 aliphatic rings. The van der Waals surface area contributed by atoms with Gasteiger partial charge in [0.15, 0.2) is 0 Å². The van der Waals surface area contributed by atoms with Gasteiger partial charge in [0.2, 0.25) is 0 Å². The van der Waals surface area contributed by atoms with Crippen molar-refractivity contribution in [2.45, 2.75) is 45.6 Å². The van der Waals surface area contributed by atoms with Crippen molar-refractivity contribution < 1.29 is 4.39 Å². The van der Waals surface area contributed by atoms with Crippen LogP contribution < -0.4 is 0 Å². The van der Waals surface area contributed by atoms with Crippen molar-refractivity contribution in [3.05, 3.63) is 72.0 Å². The molecule has 3 atom stereocenters. The zero-order valence-electron chi connectivity index (χ0n) is 16.8. The van der Waals surface area contributed by atoms with Crippen LogP contribution in [0.5, 0.6) is 0 Å². The molecule has 148 valence electrons. The van der Waals surface area contributed by atoms with Gasteiger partial charge in [0.25, 0.3) is 0 Å². The van der Waals surface area contributed by atoms with Crippen LogP contribution in [0.3, 0.4) is 0 Å². The topological polar surface area (TPSA) is 43.6 Å². The lowest BCUT2D eigenvalue weighted by molar-refractivity contribution is 0.127. The SMILES string of the molecule is CC(c1ncccn1)C1CCCC2=Cc3c(-c4ccc(F)cc4)ncn3C[C@@]21C. The Morgan fingerprint density at radius 1 is 1.14 bits per heavy atom. The van der Waals surface area contributed by atoms with E-state index in [1.54, 1.807) is 0 Å². The minimum atomic E-state index is -0.222. The third-order valence-electron chi connectivity index (χ3n) is 6.92. The lowest BCUT2D eigenvalue weighted by Gasteiger charge is -2.48. The van der Waals surface area contributed by atoms with Gasteiger partial charge in [-0.05, 0) is 61.6 Å². The first-order chi connectivity index (χ1) is 14.1. The summed E-state index contributed by atoms with van der Waals surface area (Å²) in [6.45, 7) is 5.56. The van der Waals surface area contributed by atoms with Crippen molar-refractivity contribution in [1.29, 1.82) is 0 Å². The normalized spacial score (nSPS) is 24.4. The summed E-state index contributed by atoms with van der Waals surface area (Å²) in [7, 11) is 0. The van der Waals surface area contributed by atoms with Gasteiger partial charge in [0.1, 0.15) is 11.6 Å². The molecule has 0 amide bonds. The second kappa shape index (κ2) is 6.90. The third-order valence-corrected chi connectivity index (χ3v) is 6.92. The van der Waals surface area contributed by atoms with E-state index in [9.17, 15) is 4.39 Å². The van der Waals surface area contributed by atoms with Gasteiger partial charge in [-0.2, -0.15) is 0 Å². The first-order valence-electron chi connectivity index (χ1n) is 10.4. The lowest BCUT2D eigenvalue weighted by atomic mass is 9.59. The van der Waals surface area contributed by atoms with Crippen LogP contribution in [0.2, 0.25) is 0 Å². The molecular weight excluding hydrogens is 363 g/mol. The molecule has 1 fully saturated rings. The van der Waals surface area contributed by atoms with E-state index >= 15 is 0 Å². The van der Waals surface area contributed by atoms with Crippen LogP contribution in [0, 0.1) is 17.2 Å². The van der Waals surface area contributed by atoms with Crippen molar-refractivity contribution in [3.63, 3.8) is 0 Å². The first-order valence-corrected chi connectivity index (χ1v) is 10.4. The number of fused-ring (bicyclic) bond motifs is 2. The van der Waals surface area contributed by atoms with Crippen molar-refractivity contribution >= 4 is 6.08 Å². The maximum Gasteiger partial charge on any atom is 0.131 e. The van der Waals surface area contributed by atoms with E-state index in [1.165, 1.54) is 30.5 Å². The van der Waals surface area contributed by atoms with Crippen LogP contribution in [0.15, 0.2) is 54.6 Å². The van der Waals surface area contributed by atoms with Gasteiger partial charge in [-0.3, -0.25) is 0 Å². The Balaban J connectivity index is 1.53. The predicted octanol–water partition coefficient (Wildman–Crippen LogP) is 5.49. The van der Waals surface area contributed by atoms with Gasteiger partial charge in [0, 0.05) is 35.8 Å². The predicted molar refractivity (Wildman–Crippen MR) is 111 cm³/mol. The van der Waals surface area contributed by atoms with Crippen molar-refractivity contribution in [2.75, 3.05) is 0 Å². The van der Waals surface area contributed by atoms with Crippen LogP contribution in [0.1, 0.15) is 50.5 Å². The summed E-state index contributed by atoms with van der Waals surface area (Å²) in [4.78, 5) is 13.8. The van der Waals surface area contributed by atoms with Crippen molar-refractivity contribution in [3.8, 4) is 11.3 Å². The highest BCUT2D eigenvalue weighted by molar-refractivity contribution is 5.72. The average molecular weight is 388 g/mol. The minimum absolute atomic E-state index is 0.0602. The fourth-order valence-corrected chi connectivity index (χ4v) is 5.36. The zero-order chi connectivity index (χ0) is 20.0. The molecule has 1 saturated carbocycles. The van der Waals surface area contributed by atoms with E-state index in [0.717, 1.165) is 35.7 Å². The molecule has 0 N–H and O–H groups in total. The molecule has 1 aliphatic carbocycles. The number of hydrogen-bond acceptors (Lipinski definition) is 3. The highest BCUT2D eigenvalue weighted by Gasteiger charge is 2.46.